The van der Waals surface area contributed by atoms with Crippen LogP contribution in [0.2, 0.25) is 10.0 Å². The van der Waals surface area contributed by atoms with E-state index in [1.54, 1.807) is 0 Å². The molecule has 188 valence electrons. The molecule has 4 aromatic carbocycles. The van der Waals surface area contributed by atoms with Gasteiger partial charge in [0, 0.05) is 49.6 Å². The highest BCUT2D eigenvalue weighted by Gasteiger charge is 2.09. The van der Waals surface area contributed by atoms with Crippen LogP contribution in [0.4, 0.5) is 11.4 Å². The van der Waals surface area contributed by atoms with Crippen molar-refractivity contribution >= 4 is 45.7 Å². The molecule has 0 N–H and O–H groups in total. The van der Waals surface area contributed by atoms with Gasteiger partial charge in [0.25, 0.3) is 0 Å². The van der Waals surface area contributed by atoms with Crippen LogP contribution in [0.25, 0.3) is 11.1 Å². The van der Waals surface area contributed by atoms with Crippen LogP contribution in [0.5, 0.6) is 0 Å². The van der Waals surface area contributed by atoms with Crippen molar-refractivity contribution < 1.29 is 0 Å². The molecule has 0 spiro atoms. The van der Waals surface area contributed by atoms with Crippen molar-refractivity contribution in [2.75, 3.05) is 38.0 Å². The van der Waals surface area contributed by atoms with Gasteiger partial charge in [-0.2, -0.15) is 0 Å². The number of allylic oxidation sites excluding steroid dienone is 2. The Kier molecular flexibility index (Phi) is 8.76. The number of halogens is 2. The quantitative estimate of drug-likeness (QED) is 0.226. The van der Waals surface area contributed by atoms with Crippen molar-refractivity contribution in [3.63, 3.8) is 0 Å². The summed E-state index contributed by atoms with van der Waals surface area (Å²) < 4.78 is 0. The summed E-state index contributed by atoms with van der Waals surface area (Å²) in [5.41, 5.74) is 9.32. The maximum absolute atomic E-state index is 6.19. The zero-order valence-electron chi connectivity index (χ0n) is 21.7. The van der Waals surface area contributed by atoms with E-state index < -0.39 is 0 Å². The maximum Gasteiger partial charge on any atom is 0.0406 e. The second-order valence-electron chi connectivity index (χ2n) is 9.37. The van der Waals surface area contributed by atoms with E-state index in [2.05, 4.69) is 123 Å². The third kappa shape index (κ3) is 6.85. The van der Waals surface area contributed by atoms with Crippen LogP contribution >= 0.6 is 23.2 Å². The van der Waals surface area contributed by atoms with Gasteiger partial charge in [-0.3, -0.25) is 0 Å². The first-order chi connectivity index (χ1) is 17.8. The lowest BCUT2D eigenvalue weighted by Crippen LogP contribution is -2.08. The molecule has 0 bridgehead atoms. The minimum atomic E-state index is 0.733. The first-order valence-electron chi connectivity index (χ1n) is 12.3. The third-order valence-electron chi connectivity index (χ3n) is 6.34. The van der Waals surface area contributed by atoms with Gasteiger partial charge in [-0.1, -0.05) is 83.9 Å². The molecule has 0 fully saturated rings. The minimum absolute atomic E-state index is 0.733. The molecule has 0 aliphatic heterocycles. The predicted molar refractivity (Wildman–Crippen MR) is 163 cm³/mol. The van der Waals surface area contributed by atoms with Gasteiger partial charge in [-0.05, 0) is 88.4 Å². The van der Waals surface area contributed by atoms with Crippen molar-refractivity contribution in [3.8, 4) is 0 Å². The minimum Gasteiger partial charge on any atom is -0.378 e. The Balaban J connectivity index is 1.74. The van der Waals surface area contributed by atoms with Gasteiger partial charge in [0.15, 0.2) is 0 Å². The second kappa shape index (κ2) is 12.2. The van der Waals surface area contributed by atoms with Gasteiger partial charge in [-0.15, -0.1) is 0 Å². The average molecular weight is 528 g/mol. The molecule has 0 saturated carbocycles. The molecule has 0 aliphatic rings. The van der Waals surface area contributed by atoms with Gasteiger partial charge >= 0.3 is 0 Å². The zero-order chi connectivity index (χ0) is 26.4. The van der Waals surface area contributed by atoms with Crippen molar-refractivity contribution in [3.05, 3.63) is 142 Å². The number of hydrogen-bond acceptors (Lipinski definition) is 2. The highest BCUT2D eigenvalue weighted by atomic mass is 35.5. The Hall–Kier alpha value is -3.46. The molecule has 0 radical (unpaired) electrons. The van der Waals surface area contributed by atoms with Crippen LogP contribution in [0.15, 0.2) is 109 Å². The van der Waals surface area contributed by atoms with E-state index in [4.69, 9.17) is 23.2 Å². The van der Waals surface area contributed by atoms with Crippen molar-refractivity contribution in [2.24, 2.45) is 0 Å². The van der Waals surface area contributed by atoms with Crippen LogP contribution in [-0.4, -0.2) is 28.2 Å². The molecule has 0 saturated heterocycles. The molecule has 2 nitrogen and oxygen atoms in total. The predicted octanol–water partition coefficient (Wildman–Crippen LogP) is 9.08. The second-order valence-corrected chi connectivity index (χ2v) is 10.2. The number of rotatable bonds is 8. The highest BCUT2D eigenvalue weighted by molar-refractivity contribution is 6.30. The molecule has 0 heterocycles. The summed E-state index contributed by atoms with van der Waals surface area (Å²) in [6.07, 6.45) is 5.34. The first-order valence-corrected chi connectivity index (χ1v) is 13.0. The topological polar surface area (TPSA) is 6.48 Å². The lowest BCUT2D eigenvalue weighted by molar-refractivity contribution is 1.13. The molecule has 0 atom stereocenters. The van der Waals surface area contributed by atoms with Gasteiger partial charge in [0.05, 0.1) is 0 Å². The van der Waals surface area contributed by atoms with Crippen molar-refractivity contribution in [1.82, 2.24) is 0 Å². The summed E-state index contributed by atoms with van der Waals surface area (Å²) in [6, 6.07) is 33.4. The van der Waals surface area contributed by atoms with Crippen LogP contribution in [0.3, 0.4) is 0 Å². The fourth-order valence-corrected chi connectivity index (χ4v) is 4.49. The van der Waals surface area contributed by atoms with E-state index >= 15 is 0 Å². The van der Waals surface area contributed by atoms with Gasteiger partial charge in [0.1, 0.15) is 0 Å². The molecule has 4 heteroatoms. The molecular formula is C33H32Cl2N2. The number of anilines is 2. The first kappa shape index (κ1) is 26.6. The van der Waals surface area contributed by atoms with Gasteiger partial charge in [-0.25, -0.2) is 0 Å². The van der Waals surface area contributed by atoms with E-state index in [-0.39, 0.29) is 0 Å². The fourth-order valence-electron chi connectivity index (χ4n) is 4.24. The molecule has 0 unspecified atom stereocenters. The summed E-state index contributed by atoms with van der Waals surface area (Å²) in [5, 5.41) is 1.47. The van der Waals surface area contributed by atoms with Gasteiger partial charge < -0.3 is 9.80 Å². The van der Waals surface area contributed by atoms with Crippen LogP contribution in [0.1, 0.15) is 28.7 Å². The molecular weight excluding hydrogens is 495 g/mol. The van der Waals surface area contributed by atoms with E-state index in [0.29, 0.717) is 0 Å². The molecule has 37 heavy (non-hydrogen) atoms. The Morgan fingerprint density at radius 2 is 0.757 bits per heavy atom. The van der Waals surface area contributed by atoms with Crippen LogP contribution < -0.4 is 9.80 Å². The summed E-state index contributed by atoms with van der Waals surface area (Å²) in [6.45, 7) is 0. The Labute approximate surface area is 231 Å². The molecule has 0 amide bonds. The maximum atomic E-state index is 6.19. The van der Waals surface area contributed by atoms with Crippen molar-refractivity contribution in [2.45, 2.75) is 6.42 Å². The Morgan fingerprint density at radius 1 is 0.486 bits per heavy atom. The van der Waals surface area contributed by atoms with Crippen LogP contribution in [-0.2, 0) is 0 Å². The summed E-state index contributed by atoms with van der Waals surface area (Å²) in [7, 11) is 8.22. The SMILES string of the molecule is CN(C)c1ccc(C(=CCC=C(c2ccc(Cl)cc2)c2ccc(N(C)C)cc2)c2ccc(Cl)cc2)cc1. The van der Waals surface area contributed by atoms with Crippen LogP contribution in [0, 0.1) is 0 Å². The number of benzene rings is 4. The fraction of sp³-hybridized carbons (Fsp3) is 0.152. The average Bonchev–Trinajstić information content (AvgIpc) is 2.90. The number of nitrogens with zero attached hydrogens (tertiary/aromatic N) is 2. The van der Waals surface area contributed by atoms with E-state index in [9.17, 15) is 0 Å². The normalized spacial score (nSPS) is 11.9. The molecule has 4 rings (SSSR count). The molecule has 4 aromatic rings. The third-order valence-corrected chi connectivity index (χ3v) is 6.85. The number of hydrogen-bond donors (Lipinski definition) is 0. The Bertz CT molecular complexity index is 1260. The van der Waals surface area contributed by atoms with Crippen molar-refractivity contribution in [1.29, 1.82) is 0 Å². The Morgan fingerprint density at radius 3 is 1.03 bits per heavy atom. The smallest absolute Gasteiger partial charge is 0.0406 e. The molecule has 0 aromatic heterocycles. The largest absolute Gasteiger partial charge is 0.378 e. The zero-order valence-corrected chi connectivity index (χ0v) is 23.3. The van der Waals surface area contributed by atoms with E-state index in [1.807, 2.05) is 24.3 Å². The monoisotopic (exact) mass is 526 g/mol. The lowest BCUT2D eigenvalue weighted by atomic mass is 9.94. The summed E-state index contributed by atoms with van der Waals surface area (Å²) >= 11 is 12.4. The summed E-state index contributed by atoms with van der Waals surface area (Å²) in [5.74, 6) is 0. The van der Waals surface area contributed by atoms with E-state index in [0.717, 1.165) is 27.6 Å². The molecule has 0 aliphatic carbocycles. The van der Waals surface area contributed by atoms with E-state index in [1.165, 1.54) is 33.6 Å². The van der Waals surface area contributed by atoms with Gasteiger partial charge in [0.2, 0.25) is 0 Å². The highest BCUT2D eigenvalue weighted by Crippen LogP contribution is 2.30. The lowest BCUT2D eigenvalue weighted by Gasteiger charge is -2.15. The standard InChI is InChI=1S/C33H32Cl2N2/c1-36(2)30-20-12-26(13-21-30)32(24-8-16-28(34)17-9-24)6-5-7-33(25-10-18-29(35)19-11-25)27-14-22-31(23-15-27)37(3)4/h6-23H,5H2,1-4H3. The summed E-state index contributed by atoms with van der Waals surface area (Å²) in [4.78, 5) is 4.22.